The van der Waals surface area contributed by atoms with Gasteiger partial charge in [-0.1, -0.05) is 18.2 Å². The highest BCUT2D eigenvalue weighted by atomic mass is 32.2. The van der Waals surface area contributed by atoms with Gasteiger partial charge < -0.3 is 10.6 Å². The number of amides is 1. The highest BCUT2D eigenvalue weighted by molar-refractivity contribution is 7.90. The summed E-state index contributed by atoms with van der Waals surface area (Å²) in [6.07, 6.45) is -3.53. The number of carbonyl (C=O) groups is 1. The van der Waals surface area contributed by atoms with Crippen LogP contribution in [0.4, 0.5) is 24.5 Å². The van der Waals surface area contributed by atoms with E-state index in [4.69, 9.17) is 0 Å². The fraction of sp³-hybridized carbons (Fsp3) is 0.188. The molecule has 0 fully saturated rings. The molecule has 1 amide bonds. The molecule has 9 heteroatoms. The predicted octanol–water partition coefficient (Wildman–Crippen LogP) is 3.16. The van der Waals surface area contributed by atoms with E-state index in [0.717, 1.165) is 18.4 Å². The number of sulfone groups is 1. The van der Waals surface area contributed by atoms with E-state index in [1.54, 1.807) is 6.07 Å². The molecule has 0 heterocycles. The summed E-state index contributed by atoms with van der Waals surface area (Å²) >= 11 is 0. The summed E-state index contributed by atoms with van der Waals surface area (Å²) in [5, 5.41) is 4.87. The molecule has 2 N–H and O–H groups in total. The van der Waals surface area contributed by atoms with Gasteiger partial charge in [0.25, 0.3) is 0 Å². The fourth-order valence-electron chi connectivity index (χ4n) is 2.05. The molecule has 0 radical (unpaired) electrons. The van der Waals surface area contributed by atoms with Gasteiger partial charge in [0.2, 0.25) is 5.91 Å². The van der Waals surface area contributed by atoms with Crippen molar-refractivity contribution in [2.45, 2.75) is 11.1 Å². The van der Waals surface area contributed by atoms with Gasteiger partial charge >= 0.3 is 6.18 Å². The van der Waals surface area contributed by atoms with Gasteiger partial charge in [0.1, 0.15) is 0 Å². The molecule has 0 saturated heterocycles. The number of rotatable bonds is 5. The standard InChI is InChI=1S/C16H15F3N2O3S/c1-25(23,24)12-6-4-5-11(9-12)20-10-15(22)21-14-8-3-2-7-13(14)16(17,18)19/h2-9,20H,10H2,1H3,(H,21,22). The molecule has 0 aliphatic carbocycles. The third kappa shape index (κ3) is 5.21. The van der Waals surface area contributed by atoms with E-state index in [-0.39, 0.29) is 17.1 Å². The Morgan fingerprint density at radius 3 is 2.40 bits per heavy atom. The van der Waals surface area contributed by atoms with Crippen molar-refractivity contribution in [1.29, 1.82) is 0 Å². The number of benzene rings is 2. The molecule has 0 spiro atoms. The van der Waals surface area contributed by atoms with Crippen LogP contribution in [0.15, 0.2) is 53.4 Å². The maximum Gasteiger partial charge on any atom is 0.418 e. The van der Waals surface area contributed by atoms with Gasteiger partial charge in [0.15, 0.2) is 9.84 Å². The van der Waals surface area contributed by atoms with E-state index in [1.165, 1.54) is 30.3 Å². The zero-order valence-corrected chi connectivity index (χ0v) is 13.9. The quantitative estimate of drug-likeness (QED) is 0.845. The minimum Gasteiger partial charge on any atom is -0.376 e. The highest BCUT2D eigenvalue weighted by Crippen LogP contribution is 2.34. The van der Waals surface area contributed by atoms with Crippen LogP contribution in [0.5, 0.6) is 0 Å². The SMILES string of the molecule is CS(=O)(=O)c1cccc(NCC(=O)Nc2ccccc2C(F)(F)F)c1. The summed E-state index contributed by atoms with van der Waals surface area (Å²) in [5.74, 6) is -0.693. The van der Waals surface area contributed by atoms with Crippen molar-refractivity contribution in [1.82, 2.24) is 0 Å². The molecular formula is C16H15F3N2O3S. The van der Waals surface area contributed by atoms with E-state index in [1.807, 2.05) is 0 Å². The summed E-state index contributed by atoms with van der Waals surface area (Å²) in [4.78, 5) is 12.0. The highest BCUT2D eigenvalue weighted by Gasteiger charge is 2.33. The molecule has 0 aliphatic heterocycles. The Labute approximate surface area is 142 Å². The first-order chi connectivity index (χ1) is 11.6. The number of para-hydroxylation sites is 1. The summed E-state index contributed by atoms with van der Waals surface area (Å²) in [6.45, 7) is -0.320. The molecule has 0 aliphatic rings. The Balaban J connectivity index is 2.06. The second-order valence-corrected chi connectivity index (χ2v) is 7.26. The van der Waals surface area contributed by atoms with Gasteiger partial charge in [-0.3, -0.25) is 4.79 Å². The number of hydrogen-bond donors (Lipinski definition) is 2. The molecule has 0 bridgehead atoms. The molecule has 5 nitrogen and oxygen atoms in total. The van der Waals surface area contributed by atoms with Crippen LogP contribution in [0.3, 0.4) is 0 Å². The molecule has 2 rings (SSSR count). The fourth-order valence-corrected chi connectivity index (χ4v) is 2.72. The van der Waals surface area contributed by atoms with Gasteiger partial charge in [-0.05, 0) is 30.3 Å². The third-order valence-corrected chi connectivity index (χ3v) is 4.33. The van der Waals surface area contributed by atoms with Gasteiger partial charge in [-0.25, -0.2) is 8.42 Å². The largest absolute Gasteiger partial charge is 0.418 e. The van der Waals surface area contributed by atoms with Crippen LogP contribution in [0.25, 0.3) is 0 Å². The lowest BCUT2D eigenvalue weighted by Crippen LogP contribution is -2.23. The van der Waals surface area contributed by atoms with E-state index in [9.17, 15) is 26.4 Å². The van der Waals surface area contributed by atoms with Crippen LogP contribution in [-0.4, -0.2) is 27.1 Å². The van der Waals surface area contributed by atoms with E-state index in [2.05, 4.69) is 10.6 Å². The first-order valence-electron chi connectivity index (χ1n) is 7.07. The van der Waals surface area contributed by atoms with Crippen molar-refractivity contribution in [3.8, 4) is 0 Å². The lowest BCUT2D eigenvalue weighted by molar-refractivity contribution is -0.137. The zero-order chi connectivity index (χ0) is 18.7. The first kappa shape index (κ1) is 18.8. The summed E-state index contributed by atoms with van der Waals surface area (Å²) in [6, 6.07) is 10.4. The first-order valence-corrected chi connectivity index (χ1v) is 8.96. The van der Waals surface area contributed by atoms with Gasteiger partial charge in [-0.2, -0.15) is 13.2 Å². The summed E-state index contributed by atoms with van der Waals surface area (Å²) in [7, 11) is -3.40. The van der Waals surface area contributed by atoms with Crippen LogP contribution in [0.2, 0.25) is 0 Å². The number of nitrogens with one attached hydrogen (secondary N) is 2. The normalized spacial score (nSPS) is 11.8. The van der Waals surface area contributed by atoms with Crippen LogP contribution in [0.1, 0.15) is 5.56 Å². The van der Waals surface area contributed by atoms with Crippen molar-refractivity contribution in [2.75, 3.05) is 23.4 Å². The molecule has 2 aromatic carbocycles. The van der Waals surface area contributed by atoms with E-state index < -0.39 is 27.5 Å². The summed E-state index contributed by atoms with van der Waals surface area (Å²) < 4.78 is 61.6. The molecule has 2 aromatic rings. The number of hydrogen-bond acceptors (Lipinski definition) is 4. The second kappa shape index (κ2) is 7.14. The Hall–Kier alpha value is -2.55. The van der Waals surface area contributed by atoms with Gasteiger partial charge in [0, 0.05) is 11.9 Å². The van der Waals surface area contributed by atoms with Crippen LogP contribution in [0, 0.1) is 0 Å². The van der Waals surface area contributed by atoms with Crippen LogP contribution < -0.4 is 10.6 Å². The average molecular weight is 372 g/mol. The lowest BCUT2D eigenvalue weighted by atomic mass is 10.1. The van der Waals surface area contributed by atoms with E-state index >= 15 is 0 Å². The summed E-state index contributed by atoms with van der Waals surface area (Å²) in [5.41, 5.74) is -0.920. The molecule has 0 unspecified atom stereocenters. The van der Waals surface area contributed by atoms with Crippen molar-refractivity contribution >= 4 is 27.1 Å². The molecule has 134 valence electrons. The second-order valence-electron chi connectivity index (χ2n) is 5.25. The zero-order valence-electron chi connectivity index (χ0n) is 13.1. The van der Waals surface area contributed by atoms with E-state index in [0.29, 0.717) is 5.69 Å². The molecule has 25 heavy (non-hydrogen) atoms. The maximum atomic E-state index is 12.9. The van der Waals surface area contributed by atoms with Crippen LogP contribution in [-0.2, 0) is 20.8 Å². The minimum absolute atomic E-state index is 0.0697. The van der Waals surface area contributed by atoms with Crippen LogP contribution >= 0.6 is 0 Å². The number of anilines is 2. The number of halogens is 3. The van der Waals surface area contributed by atoms with Crippen molar-refractivity contribution < 1.29 is 26.4 Å². The monoisotopic (exact) mass is 372 g/mol. The minimum atomic E-state index is -4.58. The molecule has 0 atom stereocenters. The smallest absolute Gasteiger partial charge is 0.376 e. The Morgan fingerprint density at radius 2 is 1.76 bits per heavy atom. The molecule has 0 saturated carbocycles. The van der Waals surface area contributed by atoms with Gasteiger partial charge in [-0.15, -0.1) is 0 Å². The topological polar surface area (TPSA) is 75.3 Å². The third-order valence-electron chi connectivity index (χ3n) is 3.22. The predicted molar refractivity (Wildman–Crippen MR) is 88.1 cm³/mol. The van der Waals surface area contributed by atoms with Gasteiger partial charge in [0.05, 0.1) is 22.7 Å². The maximum absolute atomic E-state index is 12.9. The average Bonchev–Trinajstić information content (AvgIpc) is 2.52. The molecule has 0 aromatic heterocycles. The number of carbonyl (C=O) groups excluding carboxylic acids is 1. The Bertz CT molecular complexity index is 880. The Morgan fingerprint density at radius 1 is 1.08 bits per heavy atom. The lowest BCUT2D eigenvalue weighted by Gasteiger charge is -2.14. The number of alkyl halides is 3. The van der Waals surface area contributed by atoms with Crippen molar-refractivity contribution in [3.05, 3.63) is 54.1 Å². The molecular weight excluding hydrogens is 357 g/mol. The van der Waals surface area contributed by atoms with Crippen molar-refractivity contribution in [3.63, 3.8) is 0 Å². The Kier molecular flexibility index (Phi) is 5.36. The van der Waals surface area contributed by atoms with Crippen molar-refractivity contribution in [2.24, 2.45) is 0 Å².